The van der Waals surface area contributed by atoms with Gasteiger partial charge in [0.2, 0.25) is 11.8 Å². The molecule has 0 saturated heterocycles. The lowest BCUT2D eigenvalue weighted by Gasteiger charge is -2.30. The third-order valence-electron chi connectivity index (χ3n) is 4.89. The maximum Gasteiger partial charge on any atom is 0.267 e. The highest BCUT2D eigenvalue weighted by Crippen LogP contribution is 2.34. The molecule has 130 valence electrons. The number of anilines is 1. The molecule has 8 heteroatoms. The standard InChI is InChI=1S/C17H17FN4O3/c18-9-1-2-13-11(7-9)12(8-15(23)19-13)17(25)22-5-3-10-14(4-6-22)20-21-16(10)24/h1-2,7,12H,3-6,8H2,(H,19,23)(H2,20,21,24). The number of fused-ring (bicyclic) bond motifs is 2. The molecular formula is C17H17FN4O3. The summed E-state index contributed by atoms with van der Waals surface area (Å²) in [6.45, 7) is 0.845. The van der Waals surface area contributed by atoms with Gasteiger partial charge in [0.15, 0.2) is 0 Å². The van der Waals surface area contributed by atoms with Crippen LogP contribution in [-0.2, 0) is 22.4 Å². The SMILES string of the molecule is O=C1CC(C(=O)N2CCc3[nH][nH]c(=O)c3CC2)c2cc(F)ccc2N1. The number of rotatable bonds is 1. The maximum absolute atomic E-state index is 13.6. The van der Waals surface area contributed by atoms with Gasteiger partial charge in [-0.05, 0) is 30.2 Å². The zero-order valence-corrected chi connectivity index (χ0v) is 13.4. The number of nitrogens with one attached hydrogen (secondary N) is 3. The molecule has 0 saturated carbocycles. The van der Waals surface area contributed by atoms with Crippen molar-refractivity contribution in [3.05, 3.63) is 51.2 Å². The first-order chi connectivity index (χ1) is 12.0. The van der Waals surface area contributed by atoms with Gasteiger partial charge in [0, 0.05) is 42.9 Å². The van der Waals surface area contributed by atoms with Crippen LogP contribution >= 0.6 is 0 Å². The van der Waals surface area contributed by atoms with E-state index in [1.807, 2.05) is 0 Å². The van der Waals surface area contributed by atoms with Crippen molar-refractivity contribution < 1.29 is 14.0 Å². The number of carbonyl (C=O) groups excluding carboxylic acids is 2. The molecule has 4 rings (SSSR count). The molecule has 3 N–H and O–H groups in total. The molecule has 0 aliphatic carbocycles. The van der Waals surface area contributed by atoms with Gasteiger partial charge in [0.1, 0.15) is 5.82 Å². The molecule has 3 heterocycles. The van der Waals surface area contributed by atoms with Gasteiger partial charge in [-0.25, -0.2) is 4.39 Å². The summed E-state index contributed by atoms with van der Waals surface area (Å²) in [6.07, 6.45) is 0.987. The molecule has 1 unspecified atom stereocenters. The van der Waals surface area contributed by atoms with Gasteiger partial charge in [-0.2, -0.15) is 0 Å². The van der Waals surface area contributed by atoms with Crippen LogP contribution in [0.2, 0.25) is 0 Å². The van der Waals surface area contributed by atoms with Crippen LogP contribution in [0.3, 0.4) is 0 Å². The maximum atomic E-state index is 13.6. The van der Waals surface area contributed by atoms with Crippen LogP contribution in [0.1, 0.15) is 29.2 Å². The molecule has 2 aliphatic rings. The molecule has 1 aromatic heterocycles. The van der Waals surface area contributed by atoms with Gasteiger partial charge in [-0.15, -0.1) is 0 Å². The summed E-state index contributed by atoms with van der Waals surface area (Å²) in [7, 11) is 0. The van der Waals surface area contributed by atoms with E-state index in [1.165, 1.54) is 18.2 Å². The molecule has 2 amide bonds. The lowest BCUT2D eigenvalue weighted by Crippen LogP contribution is -2.40. The van der Waals surface area contributed by atoms with Crippen LogP contribution in [0.25, 0.3) is 0 Å². The summed E-state index contributed by atoms with van der Waals surface area (Å²) in [5, 5.41) is 8.08. The normalized spacial score (nSPS) is 19.6. The van der Waals surface area contributed by atoms with Gasteiger partial charge in [0.05, 0.1) is 5.92 Å². The van der Waals surface area contributed by atoms with Crippen LogP contribution in [0.15, 0.2) is 23.0 Å². The number of carbonyl (C=O) groups is 2. The molecule has 0 spiro atoms. The Morgan fingerprint density at radius 2 is 1.96 bits per heavy atom. The Kier molecular flexibility index (Phi) is 3.67. The van der Waals surface area contributed by atoms with E-state index in [1.54, 1.807) is 4.90 Å². The number of amides is 2. The third kappa shape index (κ3) is 2.73. The van der Waals surface area contributed by atoms with E-state index in [4.69, 9.17) is 0 Å². The van der Waals surface area contributed by atoms with Crippen molar-refractivity contribution in [2.75, 3.05) is 18.4 Å². The fourth-order valence-corrected chi connectivity index (χ4v) is 3.60. The summed E-state index contributed by atoms with van der Waals surface area (Å²) in [4.78, 5) is 38.4. The van der Waals surface area contributed by atoms with E-state index in [9.17, 15) is 18.8 Å². The van der Waals surface area contributed by atoms with Crippen LogP contribution in [0.4, 0.5) is 10.1 Å². The molecular weight excluding hydrogens is 327 g/mol. The van der Waals surface area contributed by atoms with Crippen LogP contribution in [0, 0.1) is 5.82 Å². The summed E-state index contributed by atoms with van der Waals surface area (Å²) in [5.41, 5.74) is 2.31. The molecule has 2 aromatic rings. The highest BCUT2D eigenvalue weighted by molar-refractivity contribution is 6.01. The third-order valence-corrected chi connectivity index (χ3v) is 4.89. The van der Waals surface area contributed by atoms with Crippen LogP contribution in [0.5, 0.6) is 0 Å². The van der Waals surface area contributed by atoms with Crippen molar-refractivity contribution in [3.63, 3.8) is 0 Å². The van der Waals surface area contributed by atoms with E-state index in [-0.39, 0.29) is 23.8 Å². The number of halogens is 1. The lowest BCUT2D eigenvalue weighted by atomic mass is 9.89. The highest BCUT2D eigenvalue weighted by atomic mass is 19.1. The number of aromatic nitrogens is 2. The number of H-pyrrole nitrogens is 2. The van der Waals surface area contributed by atoms with Gasteiger partial charge in [-0.1, -0.05) is 0 Å². The molecule has 1 atom stereocenters. The Morgan fingerprint density at radius 1 is 1.16 bits per heavy atom. The Bertz CT molecular complexity index is 917. The quantitative estimate of drug-likeness (QED) is 0.717. The monoisotopic (exact) mass is 344 g/mol. The fraction of sp³-hybridized carbons (Fsp3) is 0.353. The zero-order valence-electron chi connectivity index (χ0n) is 13.4. The van der Waals surface area contributed by atoms with Gasteiger partial charge in [0.25, 0.3) is 5.56 Å². The van der Waals surface area contributed by atoms with E-state index < -0.39 is 11.7 Å². The fourth-order valence-electron chi connectivity index (χ4n) is 3.60. The summed E-state index contributed by atoms with van der Waals surface area (Å²) < 4.78 is 13.6. The second-order valence-electron chi connectivity index (χ2n) is 6.40. The van der Waals surface area contributed by atoms with Gasteiger partial charge < -0.3 is 15.3 Å². The number of aromatic amines is 2. The number of hydrogen-bond donors (Lipinski definition) is 3. The first-order valence-corrected chi connectivity index (χ1v) is 8.19. The zero-order chi connectivity index (χ0) is 17.6. The number of nitrogens with zero attached hydrogens (tertiary/aromatic N) is 1. The predicted molar refractivity (Wildman–Crippen MR) is 87.8 cm³/mol. The molecule has 25 heavy (non-hydrogen) atoms. The second-order valence-corrected chi connectivity index (χ2v) is 6.40. The lowest BCUT2D eigenvalue weighted by molar-refractivity contribution is -0.134. The molecule has 2 aliphatic heterocycles. The smallest absolute Gasteiger partial charge is 0.267 e. The van der Waals surface area contributed by atoms with Crippen LogP contribution in [-0.4, -0.2) is 40.0 Å². The average Bonchev–Trinajstić information content (AvgIpc) is 2.81. The Hall–Kier alpha value is -2.90. The number of hydrogen-bond acceptors (Lipinski definition) is 3. The summed E-state index contributed by atoms with van der Waals surface area (Å²) in [5.74, 6) is -1.60. The molecule has 0 bridgehead atoms. The second kappa shape index (κ2) is 5.87. The van der Waals surface area contributed by atoms with Crippen molar-refractivity contribution in [1.82, 2.24) is 15.1 Å². The minimum absolute atomic E-state index is 0.00232. The Morgan fingerprint density at radius 3 is 2.80 bits per heavy atom. The first kappa shape index (κ1) is 15.6. The predicted octanol–water partition coefficient (Wildman–Crippen LogP) is 0.895. The minimum atomic E-state index is -0.700. The van der Waals surface area contributed by atoms with Crippen molar-refractivity contribution >= 4 is 17.5 Å². The molecule has 0 fully saturated rings. The van der Waals surface area contributed by atoms with E-state index in [0.717, 1.165) is 5.69 Å². The van der Waals surface area contributed by atoms with Crippen molar-refractivity contribution in [2.24, 2.45) is 0 Å². The average molecular weight is 344 g/mol. The molecule has 7 nitrogen and oxygen atoms in total. The highest BCUT2D eigenvalue weighted by Gasteiger charge is 2.34. The van der Waals surface area contributed by atoms with Gasteiger partial charge >= 0.3 is 0 Å². The van der Waals surface area contributed by atoms with E-state index >= 15 is 0 Å². The van der Waals surface area contributed by atoms with Gasteiger partial charge in [-0.3, -0.25) is 19.5 Å². The van der Waals surface area contributed by atoms with Crippen molar-refractivity contribution in [2.45, 2.75) is 25.2 Å². The topological polar surface area (TPSA) is 98.1 Å². The van der Waals surface area contributed by atoms with E-state index in [2.05, 4.69) is 15.5 Å². The summed E-state index contributed by atoms with van der Waals surface area (Å²) >= 11 is 0. The van der Waals surface area contributed by atoms with Crippen molar-refractivity contribution in [3.8, 4) is 0 Å². The first-order valence-electron chi connectivity index (χ1n) is 8.19. The largest absolute Gasteiger partial charge is 0.341 e. The number of benzene rings is 1. The summed E-state index contributed by atoms with van der Waals surface area (Å²) in [6, 6.07) is 4.05. The van der Waals surface area contributed by atoms with Crippen LogP contribution < -0.4 is 10.9 Å². The minimum Gasteiger partial charge on any atom is -0.341 e. The van der Waals surface area contributed by atoms with Crippen molar-refractivity contribution in [1.29, 1.82) is 0 Å². The Labute approximate surface area is 142 Å². The Balaban J connectivity index is 1.60. The molecule has 1 aromatic carbocycles. The molecule has 0 radical (unpaired) electrons. The van der Waals surface area contributed by atoms with E-state index in [0.29, 0.717) is 42.7 Å².